The lowest BCUT2D eigenvalue weighted by Crippen LogP contribution is -2.47. The van der Waals surface area contributed by atoms with Crippen LogP contribution in [0, 0.1) is 0 Å². The monoisotopic (exact) mass is 534 g/mol. The third-order valence-electron chi connectivity index (χ3n) is 7.85. The first-order chi connectivity index (χ1) is 18.6. The van der Waals surface area contributed by atoms with Crippen LogP contribution in [0.1, 0.15) is 64.4 Å². The lowest BCUT2D eigenvalue weighted by Gasteiger charge is -2.37. The molecule has 2 aliphatic rings. The molecular weight excluding hydrogens is 496 g/mol. The molecule has 8 heteroatoms. The van der Waals surface area contributed by atoms with Crippen molar-refractivity contribution in [3.05, 3.63) is 42.2 Å². The largest absolute Gasteiger partial charge is 0.492 e. The van der Waals surface area contributed by atoms with Crippen LogP contribution in [0.5, 0.6) is 5.75 Å². The normalized spacial score (nSPS) is 19.3. The number of ether oxygens (including phenoxy) is 2. The molecule has 5 rings (SSSR count). The molecule has 2 fully saturated rings. The molecule has 208 valence electrons. The lowest BCUT2D eigenvalue weighted by atomic mass is 9.81. The first-order valence-electron chi connectivity index (χ1n) is 13.9. The molecule has 0 spiro atoms. The van der Waals surface area contributed by atoms with Gasteiger partial charge in [0.15, 0.2) is 0 Å². The number of piperidine rings is 1. The summed E-state index contributed by atoms with van der Waals surface area (Å²) in [5.41, 5.74) is 1.14. The van der Waals surface area contributed by atoms with Crippen molar-refractivity contribution in [3.63, 3.8) is 0 Å². The highest BCUT2D eigenvalue weighted by atomic mass is 16.6. The smallest absolute Gasteiger partial charge is 0.410 e. The third-order valence-corrected chi connectivity index (χ3v) is 7.85. The molecular formula is C31H38N2O6. The summed E-state index contributed by atoms with van der Waals surface area (Å²) in [6, 6.07) is 10.4. The summed E-state index contributed by atoms with van der Waals surface area (Å²) in [4.78, 5) is 40.8. The van der Waals surface area contributed by atoms with Crippen molar-refractivity contribution in [1.29, 1.82) is 0 Å². The summed E-state index contributed by atoms with van der Waals surface area (Å²) < 4.78 is 17.4. The van der Waals surface area contributed by atoms with E-state index in [1.165, 1.54) is 0 Å². The average molecular weight is 535 g/mol. The van der Waals surface area contributed by atoms with Gasteiger partial charge >= 0.3 is 6.09 Å². The Kier molecular flexibility index (Phi) is 7.67. The Morgan fingerprint density at radius 2 is 1.87 bits per heavy atom. The Bertz CT molecular complexity index is 1380. The van der Waals surface area contributed by atoms with Crippen LogP contribution in [0.3, 0.4) is 0 Å². The number of amides is 1. The van der Waals surface area contributed by atoms with Crippen LogP contribution < -0.4 is 4.74 Å². The average Bonchev–Trinajstić information content (AvgIpc) is 3.32. The minimum Gasteiger partial charge on any atom is -0.492 e. The summed E-state index contributed by atoms with van der Waals surface area (Å²) in [7, 11) is 2.11. The van der Waals surface area contributed by atoms with Crippen molar-refractivity contribution < 1.29 is 28.3 Å². The van der Waals surface area contributed by atoms with E-state index in [-0.39, 0.29) is 30.0 Å². The number of carbonyl (C=O) groups excluding carboxylic acids is 3. The van der Waals surface area contributed by atoms with E-state index < -0.39 is 5.60 Å². The number of benzene rings is 2. The van der Waals surface area contributed by atoms with E-state index in [0.717, 1.165) is 52.4 Å². The minimum absolute atomic E-state index is 0.0113. The zero-order valence-electron chi connectivity index (χ0n) is 23.3. The number of fused-ring (bicyclic) bond motifs is 3. The number of carbonyl (C=O) groups is 3. The SMILES string of the molecule is CN(CCOc1ccc2c(ccc3occ(C4CCC(=O)CC4=O)c32)c1)C1CCN(C(=O)OC(C)(C)C)CC1. The van der Waals surface area contributed by atoms with E-state index in [1.807, 2.05) is 51.1 Å². The zero-order valence-corrected chi connectivity index (χ0v) is 23.3. The molecule has 8 nitrogen and oxygen atoms in total. The highest BCUT2D eigenvalue weighted by molar-refractivity contribution is 6.11. The molecule has 1 saturated heterocycles. The molecule has 3 aromatic rings. The number of rotatable bonds is 6. The molecule has 2 aromatic carbocycles. The van der Waals surface area contributed by atoms with Gasteiger partial charge in [-0.05, 0) is 82.1 Å². The number of hydrogen-bond acceptors (Lipinski definition) is 7. The van der Waals surface area contributed by atoms with Crippen molar-refractivity contribution >= 4 is 39.4 Å². The van der Waals surface area contributed by atoms with Gasteiger partial charge in [-0.15, -0.1) is 0 Å². The Morgan fingerprint density at radius 3 is 2.59 bits per heavy atom. The summed E-state index contributed by atoms with van der Waals surface area (Å²) in [6.45, 7) is 8.39. The third kappa shape index (κ3) is 6.11. The molecule has 2 heterocycles. The maximum absolute atomic E-state index is 12.6. The molecule has 0 bridgehead atoms. The minimum atomic E-state index is -0.478. The van der Waals surface area contributed by atoms with Crippen molar-refractivity contribution in [1.82, 2.24) is 9.80 Å². The predicted octanol–water partition coefficient (Wildman–Crippen LogP) is 5.70. The van der Waals surface area contributed by atoms with Gasteiger partial charge in [-0.1, -0.05) is 6.07 Å². The van der Waals surface area contributed by atoms with Crippen LogP contribution in [0.2, 0.25) is 0 Å². The fourth-order valence-corrected chi connectivity index (χ4v) is 5.72. The maximum atomic E-state index is 12.6. The van der Waals surface area contributed by atoms with Crippen molar-refractivity contribution in [3.8, 4) is 5.75 Å². The van der Waals surface area contributed by atoms with Gasteiger partial charge < -0.3 is 18.8 Å². The number of ketones is 2. The fraction of sp³-hybridized carbons (Fsp3) is 0.516. The van der Waals surface area contributed by atoms with Crippen LogP contribution in [0.25, 0.3) is 21.7 Å². The molecule has 1 amide bonds. The van der Waals surface area contributed by atoms with Gasteiger partial charge in [0.05, 0.1) is 12.7 Å². The lowest BCUT2D eigenvalue weighted by molar-refractivity contribution is -0.130. The van der Waals surface area contributed by atoms with Gasteiger partial charge in [0.2, 0.25) is 0 Å². The fourth-order valence-electron chi connectivity index (χ4n) is 5.72. The summed E-state index contributed by atoms with van der Waals surface area (Å²) >= 11 is 0. The first-order valence-corrected chi connectivity index (χ1v) is 13.9. The van der Waals surface area contributed by atoms with E-state index in [1.54, 1.807) is 11.2 Å². The highest BCUT2D eigenvalue weighted by Gasteiger charge is 2.31. The Labute approximate surface area is 229 Å². The van der Waals surface area contributed by atoms with E-state index in [4.69, 9.17) is 13.9 Å². The summed E-state index contributed by atoms with van der Waals surface area (Å²) in [6.07, 6.45) is 4.25. The van der Waals surface area contributed by atoms with Crippen molar-refractivity contribution in [2.45, 2.75) is 70.4 Å². The summed E-state index contributed by atoms with van der Waals surface area (Å²) in [5, 5.41) is 2.98. The second-order valence-corrected chi connectivity index (χ2v) is 11.8. The van der Waals surface area contributed by atoms with E-state index in [0.29, 0.717) is 38.6 Å². The predicted molar refractivity (Wildman–Crippen MR) is 149 cm³/mol. The Morgan fingerprint density at radius 1 is 1.10 bits per heavy atom. The number of Topliss-reactive ketones (excluding diaryl/α,β-unsaturated/α-hetero) is 2. The number of hydrogen-bond donors (Lipinski definition) is 0. The van der Waals surface area contributed by atoms with Gasteiger partial charge in [-0.2, -0.15) is 0 Å². The van der Waals surface area contributed by atoms with Crippen LogP contribution in [-0.4, -0.2) is 72.4 Å². The van der Waals surface area contributed by atoms with Crippen LogP contribution in [0.4, 0.5) is 4.79 Å². The number of furan rings is 1. The molecule has 0 radical (unpaired) electrons. The van der Waals surface area contributed by atoms with Gasteiger partial charge in [0.1, 0.15) is 35.1 Å². The van der Waals surface area contributed by atoms with Gasteiger partial charge in [0.25, 0.3) is 0 Å². The number of likely N-dealkylation sites (N-methyl/N-ethyl adjacent to an activating group) is 1. The second kappa shape index (κ2) is 11.0. The van der Waals surface area contributed by atoms with E-state index >= 15 is 0 Å². The number of likely N-dealkylation sites (tertiary alicyclic amines) is 1. The van der Waals surface area contributed by atoms with Crippen LogP contribution >= 0.6 is 0 Å². The Hall–Kier alpha value is -3.39. The van der Waals surface area contributed by atoms with Gasteiger partial charge in [-0.25, -0.2) is 4.79 Å². The highest BCUT2D eigenvalue weighted by Crippen LogP contribution is 2.39. The molecule has 0 N–H and O–H groups in total. The number of nitrogens with zero attached hydrogens (tertiary/aromatic N) is 2. The van der Waals surface area contributed by atoms with Crippen molar-refractivity contribution in [2.24, 2.45) is 0 Å². The molecule has 1 aliphatic carbocycles. The first kappa shape index (κ1) is 27.2. The standard InChI is InChI=1S/C31H38N2O6/c1-31(2,3)39-30(36)33-13-11-21(12-14-33)32(4)15-16-37-23-7-9-24-20(17-23)5-10-28-29(24)26(19-38-28)25-8-6-22(34)18-27(25)35/h5,7,9-10,17,19,21,25H,6,8,11-16,18H2,1-4H3. The molecule has 1 unspecified atom stereocenters. The molecule has 1 aliphatic heterocycles. The quantitative estimate of drug-likeness (QED) is 0.375. The van der Waals surface area contributed by atoms with Crippen LogP contribution in [0.15, 0.2) is 41.0 Å². The van der Waals surface area contributed by atoms with Gasteiger partial charge in [0, 0.05) is 49.0 Å². The topological polar surface area (TPSA) is 89.3 Å². The van der Waals surface area contributed by atoms with Crippen molar-refractivity contribution in [2.75, 3.05) is 33.3 Å². The zero-order chi connectivity index (χ0) is 27.7. The van der Waals surface area contributed by atoms with Gasteiger partial charge in [-0.3, -0.25) is 14.5 Å². The Balaban J connectivity index is 1.18. The molecule has 1 aromatic heterocycles. The molecule has 1 saturated carbocycles. The molecule has 39 heavy (non-hydrogen) atoms. The van der Waals surface area contributed by atoms with E-state index in [9.17, 15) is 14.4 Å². The molecule has 1 atom stereocenters. The summed E-state index contributed by atoms with van der Waals surface area (Å²) in [5.74, 6) is 0.495. The second-order valence-electron chi connectivity index (χ2n) is 11.8. The van der Waals surface area contributed by atoms with Crippen LogP contribution in [-0.2, 0) is 14.3 Å². The maximum Gasteiger partial charge on any atom is 0.410 e. The van der Waals surface area contributed by atoms with E-state index in [2.05, 4.69) is 11.9 Å².